The molecule has 1 heterocycles. The van der Waals surface area contributed by atoms with Crippen molar-refractivity contribution in [3.05, 3.63) is 0 Å². The maximum Gasteiger partial charge on any atom is 0.267 e. The van der Waals surface area contributed by atoms with Crippen molar-refractivity contribution in [3.63, 3.8) is 0 Å². The van der Waals surface area contributed by atoms with Gasteiger partial charge in [0.2, 0.25) is 11.2 Å². The molecule has 0 amide bonds. The summed E-state index contributed by atoms with van der Waals surface area (Å²) in [5.74, 6) is -12.7. The number of ketones is 5. The van der Waals surface area contributed by atoms with Gasteiger partial charge in [0.05, 0.1) is 0 Å². The number of carbonyl (C=O) groups is 5. The van der Waals surface area contributed by atoms with E-state index in [1.807, 2.05) is 0 Å². The minimum absolute atomic E-state index is 0.303. The van der Waals surface area contributed by atoms with Gasteiger partial charge >= 0.3 is 0 Å². The van der Waals surface area contributed by atoms with E-state index < -0.39 is 113 Å². The zero-order chi connectivity index (χ0) is 33.2. The van der Waals surface area contributed by atoms with E-state index in [4.69, 9.17) is 4.74 Å². The van der Waals surface area contributed by atoms with Gasteiger partial charge in [0.25, 0.3) is 5.79 Å². The molecule has 0 aromatic heterocycles. The van der Waals surface area contributed by atoms with Crippen LogP contribution in [0.1, 0.15) is 101 Å². The van der Waals surface area contributed by atoms with Crippen molar-refractivity contribution < 1.29 is 54.2 Å². The van der Waals surface area contributed by atoms with Gasteiger partial charge in [-0.05, 0) is 29.6 Å². The number of hydrogen-bond acceptors (Lipinski definition) is 11. The second-order valence-electron chi connectivity index (χ2n) is 14.0. The monoisotopic (exact) mass is 600 g/mol. The van der Waals surface area contributed by atoms with Crippen LogP contribution < -0.4 is 0 Å². The van der Waals surface area contributed by atoms with Crippen molar-refractivity contribution in [1.29, 1.82) is 0 Å². The van der Waals surface area contributed by atoms with Crippen LogP contribution in [0.25, 0.3) is 0 Å². The number of aliphatic hydroxyl groups is 5. The third kappa shape index (κ3) is 6.76. The molecule has 0 aliphatic carbocycles. The summed E-state index contributed by atoms with van der Waals surface area (Å²) in [5.41, 5.74) is -11.5. The van der Waals surface area contributed by atoms with Gasteiger partial charge in [0, 0.05) is 32.1 Å². The molecule has 2 unspecified atom stereocenters. The molecule has 0 aromatic carbocycles. The van der Waals surface area contributed by atoms with Gasteiger partial charge < -0.3 is 30.3 Å². The smallest absolute Gasteiger partial charge is 0.267 e. The summed E-state index contributed by atoms with van der Waals surface area (Å²) in [6.45, 7) is 15.8. The molecule has 1 fully saturated rings. The van der Waals surface area contributed by atoms with Gasteiger partial charge in [0.1, 0.15) is 12.2 Å². The average molecular weight is 601 g/mol. The fraction of sp³-hybridized carbons (Fsp3) is 0.839. The Morgan fingerprint density at radius 1 is 0.548 bits per heavy atom. The van der Waals surface area contributed by atoms with Crippen molar-refractivity contribution in [2.45, 2.75) is 136 Å². The lowest BCUT2D eigenvalue weighted by atomic mass is 9.54. The van der Waals surface area contributed by atoms with Gasteiger partial charge in [-0.25, -0.2) is 0 Å². The van der Waals surface area contributed by atoms with Crippen LogP contribution in [-0.2, 0) is 28.7 Å². The summed E-state index contributed by atoms with van der Waals surface area (Å²) in [5, 5.41) is 60.4. The second-order valence-corrected chi connectivity index (χ2v) is 14.0. The first-order valence-electron chi connectivity index (χ1n) is 14.9. The van der Waals surface area contributed by atoms with Crippen LogP contribution in [0, 0.1) is 29.6 Å². The molecule has 1 aliphatic rings. The molecule has 0 spiro atoms. The zero-order valence-electron chi connectivity index (χ0n) is 26.8. The second kappa shape index (κ2) is 13.8. The minimum atomic E-state index is -3.91. The summed E-state index contributed by atoms with van der Waals surface area (Å²) >= 11 is 0. The zero-order valence-corrected chi connectivity index (χ0v) is 26.8. The molecule has 5 N–H and O–H groups in total. The highest BCUT2D eigenvalue weighted by Crippen LogP contribution is 2.53. The van der Waals surface area contributed by atoms with Crippen LogP contribution >= 0.6 is 0 Å². The Morgan fingerprint density at radius 3 is 1.26 bits per heavy atom. The Hall–Kier alpha value is -1.89. The van der Waals surface area contributed by atoms with Crippen LogP contribution in [0.3, 0.4) is 0 Å². The van der Waals surface area contributed by atoms with Crippen LogP contribution in [0.4, 0.5) is 0 Å². The highest BCUT2D eigenvalue weighted by atomic mass is 16.7. The van der Waals surface area contributed by atoms with E-state index in [9.17, 15) is 49.5 Å². The molecule has 0 saturated carbocycles. The van der Waals surface area contributed by atoms with Crippen molar-refractivity contribution >= 4 is 28.9 Å². The molecular formula is C31H52O11. The van der Waals surface area contributed by atoms with Gasteiger partial charge in [-0.3, -0.25) is 24.0 Å². The molecule has 11 nitrogen and oxygen atoms in total. The third-order valence-electron chi connectivity index (χ3n) is 7.49. The number of carbonyl (C=O) groups excluding carboxylic acids is 5. The van der Waals surface area contributed by atoms with Gasteiger partial charge in [-0.15, -0.1) is 0 Å². The largest absolute Gasteiger partial charge is 0.382 e. The first-order chi connectivity index (χ1) is 18.9. The van der Waals surface area contributed by atoms with E-state index in [-0.39, 0.29) is 12.3 Å². The van der Waals surface area contributed by atoms with Crippen molar-refractivity contribution in [1.82, 2.24) is 0 Å². The summed E-state index contributed by atoms with van der Waals surface area (Å²) in [4.78, 5) is 68.8. The first kappa shape index (κ1) is 38.1. The summed E-state index contributed by atoms with van der Waals surface area (Å²) in [6, 6.07) is 0. The van der Waals surface area contributed by atoms with E-state index in [0.717, 1.165) is 0 Å². The van der Waals surface area contributed by atoms with E-state index in [0.29, 0.717) is 0 Å². The molecule has 1 aliphatic heterocycles. The predicted octanol–water partition coefficient (Wildman–Crippen LogP) is 1.70. The third-order valence-corrected chi connectivity index (χ3v) is 7.49. The van der Waals surface area contributed by atoms with E-state index in [2.05, 4.69) is 0 Å². The van der Waals surface area contributed by atoms with Gasteiger partial charge in [0.15, 0.2) is 34.5 Å². The number of aliphatic hydroxyl groups excluding tert-OH is 1. The predicted molar refractivity (Wildman–Crippen MR) is 153 cm³/mol. The molecule has 242 valence electrons. The maximum atomic E-state index is 14.1. The molecule has 6 atom stereocenters. The van der Waals surface area contributed by atoms with E-state index in [1.165, 1.54) is 0 Å². The molecule has 0 aromatic rings. The van der Waals surface area contributed by atoms with Crippen molar-refractivity contribution in [2.75, 3.05) is 0 Å². The van der Waals surface area contributed by atoms with Gasteiger partial charge in [-0.2, -0.15) is 0 Å². The molecule has 0 bridgehead atoms. The van der Waals surface area contributed by atoms with Crippen molar-refractivity contribution in [3.8, 4) is 0 Å². The first-order valence-corrected chi connectivity index (χ1v) is 14.9. The topological polar surface area (TPSA) is 196 Å². The lowest BCUT2D eigenvalue weighted by Crippen LogP contribution is -2.92. The Bertz CT molecular complexity index is 1030. The van der Waals surface area contributed by atoms with Crippen LogP contribution in [0.2, 0.25) is 0 Å². The SMILES string of the molecule is CC(C)CC(=O)C(O)[C@H]1OC(O)(C(=O)CC(C)C)[C@@](O)(C(=O)CC(C)C)[C@](O)(C(=O)CC(C)C)[C@@]1(O)C(=O)CC(C)C. The highest BCUT2D eigenvalue weighted by Gasteiger charge is 2.86. The summed E-state index contributed by atoms with van der Waals surface area (Å²) in [7, 11) is 0. The fourth-order valence-electron chi connectivity index (χ4n) is 5.57. The Balaban J connectivity index is 4.43. The average Bonchev–Trinajstić information content (AvgIpc) is 2.81. The minimum Gasteiger partial charge on any atom is -0.382 e. The van der Waals surface area contributed by atoms with Crippen molar-refractivity contribution in [2.24, 2.45) is 29.6 Å². The molecule has 1 saturated heterocycles. The summed E-state index contributed by atoms with van der Waals surface area (Å²) < 4.78 is 5.57. The maximum absolute atomic E-state index is 14.1. The van der Waals surface area contributed by atoms with Crippen LogP contribution in [-0.4, -0.2) is 89.2 Å². The van der Waals surface area contributed by atoms with Crippen LogP contribution in [0.5, 0.6) is 0 Å². The lowest BCUT2D eigenvalue weighted by molar-refractivity contribution is -0.396. The van der Waals surface area contributed by atoms with Crippen LogP contribution in [0.15, 0.2) is 0 Å². The quantitative estimate of drug-likeness (QED) is 0.173. The molecule has 42 heavy (non-hydrogen) atoms. The number of rotatable bonds is 16. The standard InChI is InChI=1S/C31H52O11/c1-16(2)11-21(32)26(37)27-28(38,22(33)12-17(3)4)29(39,23(34)13-18(5)6)30(40,24(35)14-19(7)8)31(41,42-27)25(36)15-20(9)10/h16-20,26-27,37-41H,11-15H2,1-10H3/t26?,27-,28-,29+,30-,31?/m1/s1. The fourth-order valence-corrected chi connectivity index (χ4v) is 5.57. The lowest BCUT2D eigenvalue weighted by Gasteiger charge is -2.61. The Morgan fingerprint density at radius 2 is 0.881 bits per heavy atom. The molecule has 0 radical (unpaired) electrons. The number of Topliss-reactive ketones (excluding diaryl/α,β-unsaturated/α-hetero) is 5. The normalized spacial score (nSPS) is 30.8. The molecule has 1 rings (SSSR count). The highest BCUT2D eigenvalue weighted by molar-refractivity contribution is 6.11. The Labute approximate surface area is 249 Å². The summed E-state index contributed by atoms with van der Waals surface area (Å²) in [6.07, 6.45) is -7.68. The van der Waals surface area contributed by atoms with Gasteiger partial charge in [-0.1, -0.05) is 69.2 Å². The Kier molecular flexibility index (Phi) is 12.5. The molecule has 11 heteroatoms. The van der Waals surface area contributed by atoms with E-state index >= 15 is 0 Å². The van der Waals surface area contributed by atoms with E-state index in [1.54, 1.807) is 69.2 Å². The number of ether oxygens (including phenoxy) is 1. The number of hydrogen-bond donors (Lipinski definition) is 5. The molecular weight excluding hydrogens is 548 g/mol.